The van der Waals surface area contributed by atoms with E-state index in [-0.39, 0.29) is 11.8 Å². The molecule has 5 heteroatoms. The Morgan fingerprint density at radius 3 is 2.96 bits per heavy atom. The number of ether oxygens (including phenoxy) is 1. The summed E-state index contributed by atoms with van der Waals surface area (Å²) in [6, 6.07) is 8.37. The maximum Gasteiger partial charge on any atom is 0.230 e. The van der Waals surface area contributed by atoms with Gasteiger partial charge < -0.3 is 15.0 Å². The Morgan fingerprint density at radius 2 is 2.25 bits per heavy atom. The number of nitrogens with one attached hydrogen (secondary N) is 1. The van der Waals surface area contributed by atoms with Crippen molar-refractivity contribution in [3.8, 4) is 0 Å². The minimum Gasteiger partial charge on any atom is -0.380 e. The fourth-order valence-corrected chi connectivity index (χ4v) is 3.48. The van der Waals surface area contributed by atoms with E-state index < -0.39 is 0 Å². The summed E-state index contributed by atoms with van der Waals surface area (Å²) in [6.45, 7) is 7.17. The molecule has 1 aromatic rings. The zero-order valence-electron chi connectivity index (χ0n) is 14.8. The van der Waals surface area contributed by atoms with Gasteiger partial charge in [-0.15, -0.1) is 0 Å². The van der Waals surface area contributed by atoms with Gasteiger partial charge >= 0.3 is 0 Å². The summed E-state index contributed by atoms with van der Waals surface area (Å²) in [6.07, 6.45) is 4.00. The van der Waals surface area contributed by atoms with Crippen molar-refractivity contribution in [2.24, 2.45) is 5.92 Å². The highest BCUT2D eigenvalue weighted by molar-refractivity contribution is 9.10. The first-order valence-corrected chi connectivity index (χ1v) is 9.79. The number of hydrogen-bond donors (Lipinski definition) is 1. The lowest BCUT2D eigenvalue weighted by Crippen LogP contribution is -2.45. The molecule has 1 amide bonds. The number of carbonyl (C=O) groups excluding carboxylic acids is 1. The van der Waals surface area contributed by atoms with Crippen LogP contribution in [0.3, 0.4) is 0 Å². The van der Waals surface area contributed by atoms with E-state index >= 15 is 0 Å². The molecule has 2 atom stereocenters. The van der Waals surface area contributed by atoms with Crippen molar-refractivity contribution in [2.45, 2.75) is 45.6 Å². The number of amides is 1. The van der Waals surface area contributed by atoms with Crippen LogP contribution in [0.4, 0.5) is 5.69 Å². The summed E-state index contributed by atoms with van der Waals surface area (Å²) in [7, 11) is 0. The van der Waals surface area contributed by atoms with Crippen molar-refractivity contribution in [3.63, 3.8) is 0 Å². The number of carbonyl (C=O) groups is 1. The average molecular weight is 397 g/mol. The predicted octanol–water partition coefficient (Wildman–Crippen LogP) is 3.99. The van der Waals surface area contributed by atoms with Crippen LogP contribution < -0.4 is 10.2 Å². The topological polar surface area (TPSA) is 41.6 Å². The molecular weight excluding hydrogens is 368 g/mol. The smallest absolute Gasteiger partial charge is 0.230 e. The largest absolute Gasteiger partial charge is 0.380 e. The fourth-order valence-electron chi connectivity index (χ4n) is 3.09. The summed E-state index contributed by atoms with van der Waals surface area (Å²) in [5, 5.41) is 3.42. The van der Waals surface area contributed by atoms with Gasteiger partial charge in [0.2, 0.25) is 5.91 Å². The Morgan fingerprint density at radius 1 is 1.42 bits per heavy atom. The van der Waals surface area contributed by atoms with Crippen molar-refractivity contribution in [1.82, 2.24) is 5.32 Å². The molecule has 24 heavy (non-hydrogen) atoms. The molecule has 134 valence electrons. The molecule has 0 saturated carbocycles. The summed E-state index contributed by atoms with van der Waals surface area (Å²) in [5.74, 6) is 0.316. The second kappa shape index (κ2) is 10.2. The number of hydrogen-bond acceptors (Lipinski definition) is 3. The van der Waals surface area contributed by atoms with Gasteiger partial charge in [0, 0.05) is 35.3 Å². The average Bonchev–Trinajstić information content (AvgIpc) is 2.57. The van der Waals surface area contributed by atoms with Gasteiger partial charge in [-0.25, -0.2) is 0 Å². The number of anilines is 1. The molecular formula is C19H29BrN2O2. The molecule has 4 nitrogen and oxygen atoms in total. The molecule has 0 aromatic heterocycles. The number of piperidine rings is 1. The van der Waals surface area contributed by atoms with Gasteiger partial charge in [-0.3, -0.25) is 4.79 Å². The molecule has 1 aliphatic rings. The lowest BCUT2D eigenvalue weighted by Gasteiger charge is -2.32. The van der Waals surface area contributed by atoms with E-state index in [4.69, 9.17) is 4.74 Å². The van der Waals surface area contributed by atoms with Crippen LogP contribution >= 0.6 is 15.9 Å². The number of nitrogens with zero attached hydrogens (tertiary/aromatic N) is 1. The fraction of sp³-hybridized carbons (Fsp3) is 0.632. The number of rotatable bonds is 8. The van der Waals surface area contributed by atoms with Crippen LogP contribution in [0.1, 0.15) is 39.5 Å². The first kappa shape index (κ1) is 19.4. The number of halogens is 1. The van der Waals surface area contributed by atoms with Crippen molar-refractivity contribution in [2.75, 3.05) is 31.2 Å². The minimum absolute atomic E-state index is 0.0934. The van der Waals surface area contributed by atoms with Crippen LogP contribution in [0.5, 0.6) is 0 Å². The second-order valence-corrected chi connectivity index (χ2v) is 7.43. The zero-order valence-corrected chi connectivity index (χ0v) is 16.3. The molecule has 0 radical (unpaired) electrons. The van der Waals surface area contributed by atoms with Crippen LogP contribution in [0.2, 0.25) is 0 Å². The Kier molecular flexibility index (Phi) is 8.22. The number of unbranched alkanes of at least 4 members (excludes halogenated alkanes) is 1. The van der Waals surface area contributed by atoms with E-state index in [1.54, 1.807) is 0 Å². The molecule has 0 spiro atoms. The first-order valence-electron chi connectivity index (χ1n) is 9.00. The lowest BCUT2D eigenvalue weighted by molar-refractivity contribution is -0.123. The lowest BCUT2D eigenvalue weighted by atomic mass is 9.92. The number of benzene rings is 1. The summed E-state index contributed by atoms with van der Waals surface area (Å²) in [4.78, 5) is 15.0. The zero-order chi connectivity index (χ0) is 17.4. The maximum atomic E-state index is 13.1. The molecule has 1 fully saturated rings. The van der Waals surface area contributed by atoms with Crippen LogP contribution in [-0.2, 0) is 9.53 Å². The van der Waals surface area contributed by atoms with Gasteiger partial charge in [0.15, 0.2) is 0 Å². The van der Waals surface area contributed by atoms with Crippen molar-refractivity contribution in [3.05, 3.63) is 28.7 Å². The van der Waals surface area contributed by atoms with Gasteiger partial charge in [0.05, 0.1) is 6.61 Å². The highest BCUT2D eigenvalue weighted by Gasteiger charge is 2.29. The predicted molar refractivity (Wildman–Crippen MR) is 102 cm³/mol. The SMILES string of the molecule is CCCCOCCN(C(=O)[C@H]1CCN[C@@H](C)C1)c1cccc(Br)c1. The van der Waals surface area contributed by atoms with Gasteiger partial charge in [0.25, 0.3) is 0 Å². The molecule has 0 bridgehead atoms. The Labute approximate surface area is 154 Å². The van der Waals surface area contributed by atoms with Crippen molar-refractivity contribution < 1.29 is 9.53 Å². The van der Waals surface area contributed by atoms with E-state index in [0.29, 0.717) is 19.2 Å². The Bertz CT molecular complexity index is 524. The van der Waals surface area contributed by atoms with Crippen LogP contribution in [0, 0.1) is 5.92 Å². The van der Waals surface area contributed by atoms with Crippen LogP contribution in [0.15, 0.2) is 28.7 Å². The third kappa shape index (κ3) is 5.87. The highest BCUT2D eigenvalue weighted by atomic mass is 79.9. The molecule has 1 N–H and O–H groups in total. The van der Waals surface area contributed by atoms with E-state index in [1.807, 2.05) is 29.2 Å². The van der Waals surface area contributed by atoms with E-state index in [1.165, 1.54) is 0 Å². The summed E-state index contributed by atoms with van der Waals surface area (Å²) in [5.41, 5.74) is 0.944. The van der Waals surface area contributed by atoms with Gasteiger partial charge in [-0.1, -0.05) is 35.3 Å². The molecule has 1 saturated heterocycles. The third-order valence-corrected chi connectivity index (χ3v) is 4.95. The molecule has 0 aliphatic carbocycles. The molecule has 1 aromatic carbocycles. The molecule has 0 unspecified atom stereocenters. The van der Waals surface area contributed by atoms with Crippen molar-refractivity contribution in [1.29, 1.82) is 0 Å². The Hall–Kier alpha value is -0.910. The normalized spacial score (nSPS) is 20.8. The first-order chi connectivity index (χ1) is 11.6. The molecule has 1 aliphatic heterocycles. The van der Waals surface area contributed by atoms with Crippen LogP contribution in [0.25, 0.3) is 0 Å². The summed E-state index contributed by atoms with van der Waals surface area (Å²) < 4.78 is 6.69. The van der Waals surface area contributed by atoms with Gasteiger partial charge in [-0.2, -0.15) is 0 Å². The minimum atomic E-state index is 0.0934. The maximum absolute atomic E-state index is 13.1. The second-order valence-electron chi connectivity index (χ2n) is 6.51. The van der Waals surface area contributed by atoms with E-state index in [9.17, 15) is 4.79 Å². The highest BCUT2D eigenvalue weighted by Crippen LogP contribution is 2.25. The summed E-state index contributed by atoms with van der Waals surface area (Å²) >= 11 is 3.51. The van der Waals surface area contributed by atoms with E-state index in [0.717, 1.165) is 49.0 Å². The molecule has 1 heterocycles. The van der Waals surface area contributed by atoms with Crippen LogP contribution in [-0.4, -0.2) is 38.3 Å². The van der Waals surface area contributed by atoms with Gasteiger partial charge in [-0.05, 0) is 50.9 Å². The quantitative estimate of drug-likeness (QED) is 0.675. The monoisotopic (exact) mass is 396 g/mol. The van der Waals surface area contributed by atoms with E-state index in [2.05, 4.69) is 35.1 Å². The van der Waals surface area contributed by atoms with Gasteiger partial charge in [0.1, 0.15) is 0 Å². The molecule has 2 rings (SSSR count). The standard InChI is InChI=1S/C19H29BrN2O2/c1-3-4-11-24-12-10-22(18-7-5-6-17(20)14-18)19(23)16-8-9-21-15(2)13-16/h5-7,14-16,21H,3-4,8-13H2,1-2H3/t15-,16-/m0/s1. The Balaban J connectivity index is 2.05. The third-order valence-electron chi connectivity index (χ3n) is 4.46. The van der Waals surface area contributed by atoms with Crippen molar-refractivity contribution >= 4 is 27.5 Å².